The van der Waals surface area contributed by atoms with Crippen LogP contribution >= 0.6 is 0 Å². The lowest BCUT2D eigenvalue weighted by Gasteiger charge is -2.34. The molecule has 2 heterocycles. The van der Waals surface area contributed by atoms with Gasteiger partial charge in [0.2, 0.25) is 5.91 Å². The number of amides is 1. The van der Waals surface area contributed by atoms with Gasteiger partial charge in [-0.25, -0.2) is 0 Å². The second-order valence-corrected chi connectivity index (χ2v) is 6.58. The zero-order valence-corrected chi connectivity index (χ0v) is 14.4. The fourth-order valence-corrected chi connectivity index (χ4v) is 3.05. The van der Waals surface area contributed by atoms with E-state index in [4.69, 9.17) is 0 Å². The summed E-state index contributed by atoms with van der Waals surface area (Å²) in [4.78, 5) is 16.5. The van der Waals surface area contributed by atoms with Crippen LogP contribution in [0.5, 0.6) is 0 Å². The Balaban J connectivity index is 1.51. The number of hydrogen-bond donors (Lipinski definition) is 0. The van der Waals surface area contributed by atoms with Gasteiger partial charge in [-0.15, -0.1) is 10.2 Å². The van der Waals surface area contributed by atoms with Crippen molar-refractivity contribution >= 4 is 5.91 Å². The maximum Gasteiger partial charge on any atom is 0.236 e. The fraction of sp³-hybridized carbons (Fsp3) is 0.500. The molecule has 1 fully saturated rings. The predicted octanol–water partition coefficient (Wildman–Crippen LogP) is 1.75. The van der Waals surface area contributed by atoms with E-state index < -0.39 is 0 Å². The van der Waals surface area contributed by atoms with Crippen molar-refractivity contribution in [2.75, 3.05) is 26.2 Å². The largest absolute Gasteiger partial charge is 0.340 e. The number of carbonyl (C=O) groups excluding carboxylic acids is 1. The molecule has 0 bridgehead atoms. The molecule has 1 aliphatic rings. The predicted molar refractivity (Wildman–Crippen MR) is 92.4 cm³/mol. The first-order valence-corrected chi connectivity index (χ1v) is 8.56. The van der Waals surface area contributed by atoms with Gasteiger partial charge in [-0.3, -0.25) is 9.69 Å². The fourth-order valence-electron chi connectivity index (χ4n) is 3.05. The summed E-state index contributed by atoms with van der Waals surface area (Å²) >= 11 is 0. The highest BCUT2D eigenvalue weighted by Gasteiger charge is 2.24. The molecule has 3 rings (SSSR count). The van der Waals surface area contributed by atoms with Gasteiger partial charge in [-0.2, -0.15) is 0 Å². The van der Waals surface area contributed by atoms with E-state index in [9.17, 15) is 4.79 Å². The van der Waals surface area contributed by atoms with Gasteiger partial charge in [-0.1, -0.05) is 30.3 Å². The highest BCUT2D eigenvalue weighted by molar-refractivity contribution is 5.79. The minimum atomic E-state index is 0.202. The summed E-state index contributed by atoms with van der Waals surface area (Å²) in [6.45, 7) is 7.81. The molecule has 6 heteroatoms. The molecule has 0 aliphatic carbocycles. The van der Waals surface area contributed by atoms with Gasteiger partial charge >= 0.3 is 0 Å². The van der Waals surface area contributed by atoms with Crippen LogP contribution in [0.4, 0.5) is 0 Å². The van der Waals surface area contributed by atoms with Gasteiger partial charge < -0.3 is 9.47 Å². The molecular formula is C18H25N5O. The van der Waals surface area contributed by atoms with Crippen LogP contribution in [0.25, 0.3) is 0 Å². The minimum Gasteiger partial charge on any atom is -0.340 e. The summed E-state index contributed by atoms with van der Waals surface area (Å²) in [5, 5.41) is 8.19. The lowest BCUT2D eigenvalue weighted by atomic mass is 10.1. The Morgan fingerprint density at radius 2 is 1.96 bits per heavy atom. The van der Waals surface area contributed by atoms with Crippen molar-refractivity contribution < 1.29 is 4.79 Å². The molecule has 0 unspecified atom stereocenters. The first-order chi connectivity index (χ1) is 11.6. The van der Waals surface area contributed by atoms with Crippen molar-refractivity contribution in [1.82, 2.24) is 24.6 Å². The Kier molecular flexibility index (Phi) is 5.25. The quantitative estimate of drug-likeness (QED) is 0.811. The Morgan fingerprint density at radius 3 is 2.67 bits per heavy atom. The van der Waals surface area contributed by atoms with E-state index in [0.29, 0.717) is 19.1 Å². The molecule has 0 N–H and O–H groups in total. The third-order valence-corrected chi connectivity index (χ3v) is 4.48. The number of rotatable bonds is 6. The molecule has 1 aliphatic heterocycles. The van der Waals surface area contributed by atoms with Crippen LogP contribution in [-0.2, 0) is 17.8 Å². The maximum atomic E-state index is 12.4. The van der Waals surface area contributed by atoms with Crippen LogP contribution in [0, 0.1) is 0 Å². The lowest BCUT2D eigenvalue weighted by molar-refractivity contribution is -0.136. The average Bonchev–Trinajstić information content (AvgIpc) is 3.03. The first kappa shape index (κ1) is 16.6. The monoisotopic (exact) mass is 327 g/mol. The normalized spacial score (nSPS) is 16.1. The van der Waals surface area contributed by atoms with Gasteiger partial charge in [-0.05, 0) is 25.8 Å². The van der Waals surface area contributed by atoms with E-state index in [1.807, 2.05) is 23.1 Å². The van der Waals surface area contributed by atoms with E-state index in [0.717, 1.165) is 31.9 Å². The Hall–Kier alpha value is -2.21. The Morgan fingerprint density at radius 1 is 1.17 bits per heavy atom. The zero-order chi connectivity index (χ0) is 16.9. The Labute approximate surface area is 143 Å². The highest BCUT2D eigenvalue weighted by Crippen LogP contribution is 2.12. The smallest absolute Gasteiger partial charge is 0.236 e. The molecule has 0 atom stereocenters. The number of nitrogens with zero attached hydrogens (tertiary/aromatic N) is 5. The van der Waals surface area contributed by atoms with E-state index in [1.165, 1.54) is 5.56 Å². The topological polar surface area (TPSA) is 54.3 Å². The van der Waals surface area contributed by atoms with E-state index in [1.54, 1.807) is 6.33 Å². The molecule has 24 heavy (non-hydrogen) atoms. The van der Waals surface area contributed by atoms with Crippen LogP contribution < -0.4 is 0 Å². The second kappa shape index (κ2) is 7.57. The molecule has 1 aromatic heterocycles. The molecule has 0 radical (unpaired) electrons. The van der Waals surface area contributed by atoms with Crippen LogP contribution in [0.1, 0.15) is 31.3 Å². The molecule has 0 spiro atoms. The summed E-state index contributed by atoms with van der Waals surface area (Å²) in [7, 11) is 0. The summed E-state index contributed by atoms with van der Waals surface area (Å²) in [6.07, 6.45) is 2.67. The molecule has 1 aromatic carbocycles. The number of hydrogen-bond acceptors (Lipinski definition) is 4. The van der Waals surface area contributed by atoms with E-state index in [2.05, 4.69) is 45.6 Å². The minimum absolute atomic E-state index is 0.202. The van der Waals surface area contributed by atoms with Crippen molar-refractivity contribution in [2.24, 2.45) is 0 Å². The van der Waals surface area contributed by atoms with Crippen LogP contribution in [0.3, 0.4) is 0 Å². The number of benzene rings is 1. The molecule has 6 nitrogen and oxygen atoms in total. The SMILES string of the molecule is CC(C)n1cnnc1CN1CCN(CCc2ccccc2)C(=O)C1. The average molecular weight is 327 g/mol. The summed E-state index contributed by atoms with van der Waals surface area (Å²) in [5.41, 5.74) is 1.28. The molecule has 128 valence electrons. The molecular weight excluding hydrogens is 302 g/mol. The van der Waals surface area contributed by atoms with Gasteiger partial charge in [0.05, 0.1) is 13.1 Å². The van der Waals surface area contributed by atoms with Crippen molar-refractivity contribution in [3.63, 3.8) is 0 Å². The van der Waals surface area contributed by atoms with Crippen molar-refractivity contribution in [3.8, 4) is 0 Å². The molecule has 0 saturated carbocycles. The Bertz CT molecular complexity index is 667. The summed E-state index contributed by atoms with van der Waals surface area (Å²) < 4.78 is 2.06. The third-order valence-electron chi connectivity index (χ3n) is 4.48. The number of aromatic nitrogens is 3. The third kappa shape index (κ3) is 4.00. The number of carbonyl (C=O) groups is 1. The van der Waals surface area contributed by atoms with Crippen molar-refractivity contribution in [1.29, 1.82) is 0 Å². The van der Waals surface area contributed by atoms with Crippen LogP contribution in [0.15, 0.2) is 36.7 Å². The molecule has 1 amide bonds. The summed E-state index contributed by atoms with van der Waals surface area (Å²) in [6, 6.07) is 10.7. The highest BCUT2D eigenvalue weighted by atomic mass is 16.2. The van der Waals surface area contributed by atoms with Gasteiger partial charge in [0.15, 0.2) is 0 Å². The maximum absolute atomic E-state index is 12.4. The second-order valence-electron chi connectivity index (χ2n) is 6.58. The van der Waals surface area contributed by atoms with Crippen molar-refractivity contribution in [2.45, 2.75) is 32.9 Å². The van der Waals surface area contributed by atoms with Crippen LogP contribution in [0.2, 0.25) is 0 Å². The zero-order valence-electron chi connectivity index (χ0n) is 14.4. The van der Waals surface area contributed by atoms with E-state index in [-0.39, 0.29) is 5.91 Å². The lowest BCUT2D eigenvalue weighted by Crippen LogP contribution is -2.50. The van der Waals surface area contributed by atoms with Gasteiger partial charge in [0.25, 0.3) is 0 Å². The summed E-state index contributed by atoms with van der Waals surface area (Å²) in [5.74, 6) is 1.13. The first-order valence-electron chi connectivity index (χ1n) is 8.56. The molecule has 2 aromatic rings. The number of piperazine rings is 1. The van der Waals surface area contributed by atoms with Crippen LogP contribution in [-0.4, -0.2) is 56.7 Å². The van der Waals surface area contributed by atoms with E-state index >= 15 is 0 Å². The van der Waals surface area contributed by atoms with Gasteiger partial charge in [0.1, 0.15) is 12.2 Å². The standard InChI is InChI=1S/C18H25N5O/c1-15(2)23-14-19-20-17(23)12-21-10-11-22(18(24)13-21)9-8-16-6-4-3-5-7-16/h3-7,14-15H,8-13H2,1-2H3. The molecule has 1 saturated heterocycles. The van der Waals surface area contributed by atoms with Crippen molar-refractivity contribution in [3.05, 3.63) is 48.0 Å². The van der Waals surface area contributed by atoms with Gasteiger partial charge in [0, 0.05) is 25.7 Å².